The second kappa shape index (κ2) is 13.6. The van der Waals surface area contributed by atoms with E-state index >= 15 is 0 Å². The second-order valence-corrected chi connectivity index (χ2v) is 6.75. The smallest absolute Gasteiger partial charge is 0.431 e. The molecule has 23 heavy (non-hydrogen) atoms. The van der Waals surface area contributed by atoms with Gasteiger partial charge in [0.25, 0.3) is 0 Å². The summed E-state index contributed by atoms with van der Waals surface area (Å²) < 4.78 is 9.39. The second-order valence-electron chi connectivity index (χ2n) is 6.75. The molecule has 140 valence electrons. The molecule has 0 spiro atoms. The predicted octanol–water partition coefficient (Wildman–Crippen LogP) is 2.87. The number of aliphatic hydroxyl groups excluding tert-OH is 3. The van der Waals surface area contributed by atoms with E-state index in [1.807, 2.05) is 20.8 Å². The Morgan fingerprint density at radius 3 is 1.35 bits per heavy atom. The molecule has 1 rings (SSSR count). The highest BCUT2D eigenvalue weighted by atomic mass is 16.7. The van der Waals surface area contributed by atoms with Crippen LogP contribution in [-0.2, 0) is 9.47 Å². The van der Waals surface area contributed by atoms with Crippen molar-refractivity contribution < 1.29 is 29.6 Å². The molecular formula is C17H36O6. The minimum Gasteiger partial charge on any atom is -0.431 e. The van der Waals surface area contributed by atoms with Crippen LogP contribution in [0, 0.1) is 5.92 Å². The summed E-state index contributed by atoms with van der Waals surface area (Å²) >= 11 is 0. The number of carbonyl (C=O) groups excluding carboxylic acids is 1. The van der Waals surface area contributed by atoms with E-state index in [0.717, 1.165) is 12.8 Å². The van der Waals surface area contributed by atoms with Gasteiger partial charge in [0.15, 0.2) is 0 Å². The zero-order valence-corrected chi connectivity index (χ0v) is 15.7. The van der Waals surface area contributed by atoms with Crippen molar-refractivity contribution in [3.8, 4) is 0 Å². The summed E-state index contributed by atoms with van der Waals surface area (Å²) in [5.41, 5.74) is 0. The molecule has 6 heteroatoms. The summed E-state index contributed by atoms with van der Waals surface area (Å²) in [6.07, 6.45) is 0.801. The van der Waals surface area contributed by atoms with Gasteiger partial charge in [-0.05, 0) is 53.4 Å². The predicted molar refractivity (Wildman–Crippen MR) is 90.2 cm³/mol. The van der Waals surface area contributed by atoms with Crippen LogP contribution in [0.25, 0.3) is 0 Å². The van der Waals surface area contributed by atoms with Crippen molar-refractivity contribution in [2.75, 3.05) is 0 Å². The van der Waals surface area contributed by atoms with Gasteiger partial charge in [-0.2, -0.15) is 0 Å². The summed E-state index contributed by atoms with van der Waals surface area (Å²) in [6.45, 7) is 13.1. The molecule has 1 heterocycles. The standard InChI is InChI=1S/C6H10O3.C6H14O.C5H12O2/c1-4-3-5(2)9-6(7)8-4;1-5(2)4-6(3)7;1-4(6)3-5(2)7/h4-5H,3H2,1-2H3;5-7H,4H2,1-3H3;4-7H,3H2,1-2H3/t4-,5+;6-;4-,5+/m.0./s1. The van der Waals surface area contributed by atoms with Gasteiger partial charge in [-0.25, -0.2) is 4.79 Å². The van der Waals surface area contributed by atoms with Gasteiger partial charge in [-0.15, -0.1) is 0 Å². The van der Waals surface area contributed by atoms with E-state index in [1.54, 1.807) is 13.8 Å². The number of hydrogen-bond donors (Lipinski definition) is 3. The lowest BCUT2D eigenvalue weighted by molar-refractivity contribution is -0.0473. The number of aliphatic hydroxyl groups is 3. The maximum absolute atomic E-state index is 10.4. The molecule has 1 aliphatic heterocycles. The number of carbonyl (C=O) groups is 1. The van der Waals surface area contributed by atoms with Gasteiger partial charge in [0.2, 0.25) is 0 Å². The Bertz CT molecular complexity index is 251. The maximum atomic E-state index is 10.4. The Morgan fingerprint density at radius 1 is 0.870 bits per heavy atom. The molecule has 0 amide bonds. The van der Waals surface area contributed by atoms with Gasteiger partial charge in [0, 0.05) is 6.42 Å². The van der Waals surface area contributed by atoms with Crippen molar-refractivity contribution in [3.63, 3.8) is 0 Å². The third-order valence-corrected chi connectivity index (χ3v) is 2.75. The molecule has 1 fully saturated rings. The van der Waals surface area contributed by atoms with Gasteiger partial charge in [0.05, 0.1) is 18.3 Å². The van der Waals surface area contributed by atoms with Crippen LogP contribution in [0.3, 0.4) is 0 Å². The van der Waals surface area contributed by atoms with Gasteiger partial charge in [-0.1, -0.05) is 13.8 Å². The van der Waals surface area contributed by atoms with E-state index < -0.39 is 6.16 Å². The third-order valence-electron chi connectivity index (χ3n) is 2.75. The first-order valence-corrected chi connectivity index (χ1v) is 8.35. The van der Waals surface area contributed by atoms with E-state index in [0.29, 0.717) is 12.3 Å². The van der Waals surface area contributed by atoms with Gasteiger partial charge in [-0.3, -0.25) is 0 Å². The topological polar surface area (TPSA) is 96.2 Å². The lowest BCUT2D eigenvalue weighted by atomic mass is 10.1. The van der Waals surface area contributed by atoms with Crippen LogP contribution in [0.15, 0.2) is 0 Å². The molecule has 6 nitrogen and oxygen atoms in total. The first-order chi connectivity index (χ1) is 10.4. The highest BCUT2D eigenvalue weighted by molar-refractivity contribution is 5.61. The lowest BCUT2D eigenvalue weighted by Gasteiger charge is -2.23. The molecule has 0 aromatic heterocycles. The number of hydrogen-bond acceptors (Lipinski definition) is 6. The average Bonchev–Trinajstić information content (AvgIpc) is 2.23. The van der Waals surface area contributed by atoms with Crippen LogP contribution in [0.2, 0.25) is 0 Å². The van der Waals surface area contributed by atoms with Crippen LogP contribution in [0.4, 0.5) is 4.79 Å². The highest BCUT2D eigenvalue weighted by Gasteiger charge is 2.22. The molecule has 0 aromatic carbocycles. The van der Waals surface area contributed by atoms with Gasteiger partial charge >= 0.3 is 6.16 Å². The van der Waals surface area contributed by atoms with Crippen molar-refractivity contribution in [1.82, 2.24) is 0 Å². The molecule has 5 atom stereocenters. The van der Waals surface area contributed by atoms with Crippen LogP contribution in [0.5, 0.6) is 0 Å². The average molecular weight is 336 g/mol. The Hall–Kier alpha value is -0.850. The molecule has 1 saturated heterocycles. The fourth-order valence-electron chi connectivity index (χ4n) is 2.10. The van der Waals surface area contributed by atoms with E-state index in [-0.39, 0.29) is 30.5 Å². The molecule has 0 aromatic rings. The van der Waals surface area contributed by atoms with E-state index in [2.05, 4.69) is 13.8 Å². The minimum absolute atomic E-state index is 0.0150. The van der Waals surface area contributed by atoms with E-state index in [1.165, 1.54) is 0 Å². The monoisotopic (exact) mass is 336 g/mol. The Balaban J connectivity index is 0. The molecule has 0 saturated carbocycles. The van der Waals surface area contributed by atoms with Crippen molar-refractivity contribution in [2.24, 2.45) is 5.92 Å². The fourth-order valence-corrected chi connectivity index (χ4v) is 2.10. The van der Waals surface area contributed by atoms with E-state index in [9.17, 15) is 4.79 Å². The summed E-state index contributed by atoms with van der Waals surface area (Å²) in [5, 5.41) is 25.8. The summed E-state index contributed by atoms with van der Waals surface area (Å²) in [7, 11) is 0. The summed E-state index contributed by atoms with van der Waals surface area (Å²) in [4.78, 5) is 10.4. The Kier molecular flexibility index (Phi) is 14.4. The SMILES string of the molecule is CC(C)C[C@H](C)O.C[C@@H]1C[C@H](C)OC(=O)O1.C[C@H](O)C[C@@H](C)O. The fraction of sp³-hybridized carbons (Fsp3) is 0.941. The number of cyclic esters (lactones) is 2. The maximum Gasteiger partial charge on any atom is 0.508 e. The minimum atomic E-state index is -0.541. The first-order valence-electron chi connectivity index (χ1n) is 8.35. The zero-order valence-electron chi connectivity index (χ0n) is 15.7. The van der Waals surface area contributed by atoms with Crippen molar-refractivity contribution in [3.05, 3.63) is 0 Å². The van der Waals surface area contributed by atoms with Crippen LogP contribution in [-0.4, -0.2) is 52.0 Å². The highest BCUT2D eigenvalue weighted by Crippen LogP contribution is 2.13. The Labute approximate surface area is 140 Å². The largest absolute Gasteiger partial charge is 0.508 e. The van der Waals surface area contributed by atoms with Crippen LogP contribution < -0.4 is 0 Å². The van der Waals surface area contributed by atoms with Crippen LogP contribution in [0.1, 0.15) is 67.7 Å². The van der Waals surface area contributed by atoms with Gasteiger partial charge < -0.3 is 24.8 Å². The number of ether oxygens (including phenoxy) is 2. The zero-order chi connectivity index (χ0) is 18.6. The summed E-state index contributed by atoms with van der Waals surface area (Å²) in [6, 6.07) is 0. The number of rotatable bonds is 4. The van der Waals surface area contributed by atoms with Crippen molar-refractivity contribution >= 4 is 6.16 Å². The molecule has 0 radical (unpaired) electrons. The lowest BCUT2D eigenvalue weighted by Crippen LogP contribution is -2.30. The third kappa shape index (κ3) is 21.1. The molecule has 0 aliphatic carbocycles. The van der Waals surface area contributed by atoms with Gasteiger partial charge in [0.1, 0.15) is 12.2 Å². The van der Waals surface area contributed by atoms with Crippen molar-refractivity contribution in [2.45, 2.75) is 98.2 Å². The normalized spacial score (nSPS) is 24.0. The first kappa shape index (κ1) is 24.4. The molecule has 0 bridgehead atoms. The molecule has 0 unspecified atom stereocenters. The molecular weight excluding hydrogens is 300 g/mol. The van der Waals surface area contributed by atoms with Crippen molar-refractivity contribution in [1.29, 1.82) is 0 Å². The quantitative estimate of drug-likeness (QED) is 0.683. The summed E-state index contributed by atoms with van der Waals surface area (Å²) in [5.74, 6) is 0.625. The van der Waals surface area contributed by atoms with E-state index in [4.69, 9.17) is 24.8 Å². The molecule has 3 N–H and O–H groups in total. The molecule has 1 aliphatic rings. The Morgan fingerprint density at radius 2 is 1.22 bits per heavy atom. The van der Waals surface area contributed by atoms with Crippen LogP contribution >= 0.6 is 0 Å².